The number of rotatable bonds is 3. The van der Waals surface area contributed by atoms with Gasteiger partial charge in [0.05, 0.1) is 16.5 Å². The van der Waals surface area contributed by atoms with Gasteiger partial charge in [0.15, 0.2) is 0 Å². The van der Waals surface area contributed by atoms with Crippen molar-refractivity contribution in [2.75, 3.05) is 6.54 Å². The average molecular weight is 293 g/mol. The van der Waals surface area contributed by atoms with E-state index >= 15 is 0 Å². The van der Waals surface area contributed by atoms with Gasteiger partial charge in [-0.2, -0.15) is 9.57 Å². The molecule has 0 saturated carbocycles. The molecule has 1 aliphatic heterocycles. The van der Waals surface area contributed by atoms with Gasteiger partial charge < -0.3 is 5.73 Å². The van der Waals surface area contributed by atoms with Gasteiger partial charge in [-0.1, -0.05) is 0 Å². The van der Waals surface area contributed by atoms with Crippen LogP contribution in [0.1, 0.15) is 24.0 Å². The number of primary amides is 1. The molecule has 0 bridgehead atoms. The smallest absolute Gasteiger partial charge is 0.243 e. The van der Waals surface area contributed by atoms with Crippen LogP contribution in [-0.2, 0) is 14.8 Å². The molecular weight excluding hydrogens is 278 g/mol. The van der Waals surface area contributed by atoms with Crippen molar-refractivity contribution in [2.24, 2.45) is 5.73 Å². The van der Waals surface area contributed by atoms with E-state index in [0.29, 0.717) is 24.0 Å². The number of nitriles is 1. The van der Waals surface area contributed by atoms with Crippen molar-refractivity contribution < 1.29 is 13.2 Å². The lowest BCUT2D eigenvalue weighted by Gasteiger charge is -2.21. The first-order valence-electron chi connectivity index (χ1n) is 6.20. The number of benzene rings is 1. The van der Waals surface area contributed by atoms with Gasteiger partial charge in [0, 0.05) is 6.54 Å². The Balaban J connectivity index is 2.43. The Bertz CT molecular complexity index is 691. The number of nitrogens with zero attached hydrogens (tertiary/aromatic N) is 2. The first-order valence-corrected chi connectivity index (χ1v) is 7.64. The van der Waals surface area contributed by atoms with E-state index in [2.05, 4.69) is 0 Å². The third-order valence-electron chi connectivity index (χ3n) is 3.46. The molecule has 2 rings (SSSR count). The van der Waals surface area contributed by atoms with E-state index in [0.717, 1.165) is 4.31 Å². The van der Waals surface area contributed by atoms with Gasteiger partial charge in [-0.3, -0.25) is 4.79 Å². The molecule has 7 heteroatoms. The Morgan fingerprint density at radius 1 is 1.50 bits per heavy atom. The molecule has 1 fully saturated rings. The second-order valence-corrected chi connectivity index (χ2v) is 6.66. The number of carbonyl (C=O) groups excluding carboxylic acids is 1. The van der Waals surface area contributed by atoms with E-state index < -0.39 is 22.0 Å². The molecule has 1 heterocycles. The number of sulfonamides is 1. The summed E-state index contributed by atoms with van der Waals surface area (Å²) < 4.78 is 26.2. The summed E-state index contributed by atoms with van der Waals surface area (Å²) in [6.07, 6.45) is 1.06. The number of nitrogens with two attached hydrogens (primary N) is 1. The molecule has 1 aromatic rings. The second kappa shape index (κ2) is 5.23. The van der Waals surface area contributed by atoms with E-state index in [1.807, 2.05) is 6.07 Å². The third-order valence-corrected chi connectivity index (χ3v) is 5.36. The van der Waals surface area contributed by atoms with E-state index in [9.17, 15) is 13.2 Å². The molecule has 106 valence electrons. The Hall–Kier alpha value is -1.91. The first kappa shape index (κ1) is 14.5. The zero-order chi connectivity index (χ0) is 14.9. The Labute approximate surface area is 117 Å². The Morgan fingerprint density at radius 2 is 2.20 bits per heavy atom. The van der Waals surface area contributed by atoms with Crippen molar-refractivity contribution in [1.82, 2.24) is 4.31 Å². The predicted molar refractivity (Wildman–Crippen MR) is 72.0 cm³/mol. The van der Waals surface area contributed by atoms with Crippen molar-refractivity contribution in [2.45, 2.75) is 30.7 Å². The van der Waals surface area contributed by atoms with Gasteiger partial charge in [0.2, 0.25) is 15.9 Å². The fourth-order valence-electron chi connectivity index (χ4n) is 2.37. The third kappa shape index (κ3) is 2.40. The predicted octanol–water partition coefficient (Wildman–Crippen LogP) is 0.505. The summed E-state index contributed by atoms with van der Waals surface area (Å²) in [4.78, 5) is 11.4. The largest absolute Gasteiger partial charge is 0.368 e. The Morgan fingerprint density at radius 3 is 2.75 bits per heavy atom. The molecule has 6 nitrogen and oxygen atoms in total. The zero-order valence-electron chi connectivity index (χ0n) is 11.0. The molecule has 1 saturated heterocycles. The van der Waals surface area contributed by atoms with Gasteiger partial charge in [-0.05, 0) is 43.5 Å². The maximum absolute atomic E-state index is 12.5. The summed E-state index contributed by atoms with van der Waals surface area (Å²) in [5.41, 5.74) is 6.26. The number of aryl methyl sites for hydroxylation is 1. The van der Waals surface area contributed by atoms with Crippen LogP contribution in [0.5, 0.6) is 0 Å². The van der Waals surface area contributed by atoms with E-state index in [4.69, 9.17) is 11.0 Å². The molecule has 0 spiro atoms. The Kier molecular flexibility index (Phi) is 3.79. The summed E-state index contributed by atoms with van der Waals surface area (Å²) in [6, 6.07) is 5.51. The summed E-state index contributed by atoms with van der Waals surface area (Å²) in [5, 5.41) is 8.87. The summed E-state index contributed by atoms with van der Waals surface area (Å²) in [6.45, 7) is 1.96. The minimum atomic E-state index is -3.76. The molecule has 1 atom stereocenters. The van der Waals surface area contributed by atoms with Crippen LogP contribution in [0.4, 0.5) is 0 Å². The van der Waals surface area contributed by atoms with Crippen molar-refractivity contribution in [1.29, 1.82) is 5.26 Å². The van der Waals surface area contributed by atoms with Crippen molar-refractivity contribution in [3.05, 3.63) is 29.3 Å². The lowest BCUT2D eigenvalue weighted by Crippen LogP contribution is -2.43. The van der Waals surface area contributed by atoms with Crippen LogP contribution < -0.4 is 5.73 Å². The minimum absolute atomic E-state index is 0.0853. The van der Waals surface area contributed by atoms with Crippen LogP contribution in [0.15, 0.2) is 23.1 Å². The van der Waals surface area contributed by atoms with Crippen LogP contribution >= 0.6 is 0 Å². The highest BCUT2D eigenvalue weighted by atomic mass is 32.2. The number of amides is 1. The maximum atomic E-state index is 12.5. The number of carbonyl (C=O) groups is 1. The van der Waals surface area contributed by atoms with Crippen LogP contribution in [0.3, 0.4) is 0 Å². The van der Waals surface area contributed by atoms with Crippen LogP contribution in [0.2, 0.25) is 0 Å². The quantitative estimate of drug-likeness (QED) is 0.876. The molecule has 0 aliphatic carbocycles. The monoisotopic (exact) mass is 293 g/mol. The zero-order valence-corrected chi connectivity index (χ0v) is 11.9. The lowest BCUT2D eigenvalue weighted by molar-refractivity contribution is -0.121. The van der Waals surface area contributed by atoms with Crippen LogP contribution in [0.25, 0.3) is 0 Å². The minimum Gasteiger partial charge on any atom is -0.368 e. The van der Waals surface area contributed by atoms with Crippen LogP contribution in [0, 0.1) is 18.3 Å². The van der Waals surface area contributed by atoms with E-state index in [1.54, 1.807) is 6.92 Å². The SMILES string of the molecule is Cc1cc(S(=O)(=O)N2CCCC2C(N)=O)ccc1C#N. The van der Waals surface area contributed by atoms with Gasteiger partial charge in [0.25, 0.3) is 0 Å². The van der Waals surface area contributed by atoms with Gasteiger partial charge in [-0.25, -0.2) is 8.42 Å². The summed E-state index contributed by atoms with van der Waals surface area (Å²) in [7, 11) is -3.76. The molecule has 0 aromatic heterocycles. The standard InChI is InChI=1S/C13H15N3O3S/c1-9-7-11(5-4-10(9)8-14)20(18,19)16-6-2-3-12(16)13(15)17/h4-5,7,12H,2-3,6H2,1H3,(H2,15,17). The molecule has 1 amide bonds. The normalized spacial score (nSPS) is 19.7. The number of hydrogen-bond donors (Lipinski definition) is 1. The highest BCUT2D eigenvalue weighted by Gasteiger charge is 2.38. The fourth-order valence-corrected chi connectivity index (χ4v) is 4.12. The summed E-state index contributed by atoms with van der Waals surface area (Å²) >= 11 is 0. The molecule has 1 aromatic carbocycles. The van der Waals surface area contributed by atoms with Gasteiger partial charge in [0.1, 0.15) is 6.04 Å². The highest BCUT2D eigenvalue weighted by molar-refractivity contribution is 7.89. The molecule has 2 N–H and O–H groups in total. The second-order valence-electron chi connectivity index (χ2n) is 4.76. The topological polar surface area (TPSA) is 104 Å². The van der Waals surface area contributed by atoms with Crippen LogP contribution in [-0.4, -0.2) is 31.2 Å². The van der Waals surface area contributed by atoms with Crippen molar-refractivity contribution in [3.63, 3.8) is 0 Å². The highest BCUT2D eigenvalue weighted by Crippen LogP contribution is 2.26. The lowest BCUT2D eigenvalue weighted by atomic mass is 10.1. The van der Waals surface area contributed by atoms with E-state index in [1.165, 1.54) is 18.2 Å². The molecule has 1 unspecified atom stereocenters. The maximum Gasteiger partial charge on any atom is 0.243 e. The van der Waals surface area contributed by atoms with E-state index in [-0.39, 0.29) is 11.4 Å². The first-order chi connectivity index (χ1) is 9.37. The van der Waals surface area contributed by atoms with Crippen molar-refractivity contribution >= 4 is 15.9 Å². The molecule has 1 aliphatic rings. The fraction of sp³-hybridized carbons (Fsp3) is 0.385. The summed E-state index contributed by atoms with van der Waals surface area (Å²) in [5.74, 6) is -0.628. The van der Waals surface area contributed by atoms with Gasteiger partial charge >= 0.3 is 0 Å². The average Bonchev–Trinajstić information content (AvgIpc) is 2.88. The molecular formula is C13H15N3O3S. The molecule has 0 radical (unpaired) electrons. The van der Waals surface area contributed by atoms with Gasteiger partial charge in [-0.15, -0.1) is 0 Å². The number of hydrogen-bond acceptors (Lipinski definition) is 4. The van der Waals surface area contributed by atoms with Crippen molar-refractivity contribution in [3.8, 4) is 6.07 Å². The molecule has 20 heavy (non-hydrogen) atoms.